The van der Waals surface area contributed by atoms with Crippen LogP contribution in [0.3, 0.4) is 0 Å². The van der Waals surface area contributed by atoms with Gasteiger partial charge in [0.05, 0.1) is 28.4 Å². The first-order chi connectivity index (χ1) is 14.9. The zero-order chi connectivity index (χ0) is 22.8. The van der Waals surface area contributed by atoms with Crippen LogP contribution in [0.15, 0.2) is 36.4 Å². The average molecular weight is 431 g/mol. The van der Waals surface area contributed by atoms with E-state index in [4.69, 9.17) is 23.7 Å². The van der Waals surface area contributed by atoms with Crippen molar-refractivity contribution in [3.05, 3.63) is 47.5 Å². The summed E-state index contributed by atoms with van der Waals surface area (Å²) >= 11 is 0. The molecular formula is C23H29NO7. The summed E-state index contributed by atoms with van der Waals surface area (Å²) in [5.74, 6) is 1.49. The largest absolute Gasteiger partial charge is 0.493 e. The maximum Gasteiger partial charge on any atom is 0.306 e. The highest BCUT2D eigenvalue weighted by Gasteiger charge is 2.19. The lowest BCUT2D eigenvalue weighted by molar-refractivity contribution is -0.154. The Balaban J connectivity index is 1.85. The lowest BCUT2D eigenvalue weighted by Crippen LogP contribution is -2.35. The summed E-state index contributed by atoms with van der Waals surface area (Å²) in [6.07, 6.45) is -0.407. The number of esters is 1. The van der Waals surface area contributed by atoms with Crippen LogP contribution in [-0.2, 0) is 27.3 Å². The van der Waals surface area contributed by atoms with Crippen LogP contribution >= 0.6 is 0 Å². The quantitative estimate of drug-likeness (QED) is 0.547. The van der Waals surface area contributed by atoms with Gasteiger partial charge in [-0.15, -0.1) is 0 Å². The molecule has 0 fully saturated rings. The second-order valence-electron chi connectivity index (χ2n) is 6.69. The minimum absolute atomic E-state index is 0.108. The Kier molecular flexibility index (Phi) is 8.99. The Morgan fingerprint density at radius 3 is 2.26 bits per heavy atom. The SMILES string of the molecule is COc1ccc(CNC(=O)C(C)OC(=O)CCc2cccc(OC)c2OC)cc1OC. The fourth-order valence-corrected chi connectivity index (χ4v) is 3.02. The minimum atomic E-state index is -0.917. The van der Waals surface area contributed by atoms with Crippen molar-refractivity contribution >= 4 is 11.9 Å². The van der Waals surface area contributed by atoms with E-state index in [1.54, 1.807) is 46.6 Å². The first kappa shape index (κ1) is 23.9. The zero-order valence-electron chi connectivity index (χ0n) is 18.5. The molecule has 0 spiro atoms. The third-order valence-corrected chi connectivity index (χ3v) is 4.68. The van der Waals surface area contributed by atoms with Gasteiger partial charge in [0.25, 0.3) is 5.91 Å². The Hall–Kier alpha value is -3.42. The summed E-state index contributed by atoms with van der Waals surface area (Å²) in [6, 6.07) is 10.8. The first-order valence-electron chi connectivity index (χ1n) is 9.81. The van der Waals surface area contributed by atoms with Crippen molar-refractivity contribution in [2.75, 3.05) is 28.4 Å². The normalized spacial score (nSPS) is 11.3. The van der Waals surface area contributed by atoms with Gasteiger partial charge in [-0.25, -0.2) is 0 Å². The van der Waals surface area contributed by atoms with E-state index in [0.29, 0.717) is 29.4 Å². The van der Waals surface area contributed by atoms with E-state index < -0.39 is 12.1 Å². The summed E-state index contributed by atoms with van der Waals surface area (Å²) in [4.78, 5) is 24.5. The van der Waals surface area contributed by atoms with Crippen molar-refractivity contribution < 1.29 is 33.3 Å². The molecule has 8 heteroatoms. The number of hydrogen-bond acceptors (Lipinski definition) is 7. The van der Waals surface area contributed by atoms with Crippen LogP contribution in [0.2, 0.25) is 0 Å². The Bertz CT molecular complexity index is 897. The van der Waals surface area contributed by atoms with Gasteiger partial charge in [0.1, 0.15) is 0 Å². The van der Waals surface area contributed by atoms with Crippen LogP contribution in [0.1, 0.15) is 24.5 Å². The van der Waals surface area contributed by atoms with Crippen LogP contribution < -0.4 is 24.3 Å². The van der Waals surface area contributed by atoms with Gasteiger partial charge in [0, 0.05) is 13.0 Å². The third-order valence-electron chi connectivity index (χ3n) is 4.68. The van der Waals surface area contributed by atoms with Gasteiger partial charge in [0.15, 0.2) is 29.1 Å². The van der Waals surface area contributed by atoms with E-state index in [1.165, 1.54) is 6.92 Å². The summed E-state index contributed by atoms with van der Waals surface area (Å²) in [5, 5.41) is 2.75. The number of carbonyl (C=O) groups excluding carboxylic acids is 2. The van der Waals surface area contributed by atoms with Crippen LogP contribution in [0.25, 0.3) is 0 Å². The molecule has 0 aliphatic carbocycles. The summed E-state index contributed by atoms with van der Waals surface area (Å²) in [7, 11) is 6.20. The van der Waals surface area contributed by atoms with Crippen molar-refractivity contribution in [3.63, 3.8) is 0 Å². The lowest BCUT2D eigenvalue weighted by atomic mass is 10.1. The standard InChI is InChI=1S/C23H29NO7/c1-15(23(26)24-14-16-9-11-18(27-2)20(13-16)29-4)31-21(25)12-10-17-7-6-8-19(28-3)22(17)30-5/h6-9,11,13,15H,10,12,14H2,1-5H3,(H,24,26). The highest BCUT2D eigenvalue weighted by molar-refractivity contribution is 5.83. The maximum absolute atomic E-state index is 12.3. The molecule has 1 amide bonds. The number of methoxy groups -OCH3 is 4. The van der Waals surface area contributed by atoms with Crippen molar-refractivity contribution in [2.24, 2.45) is 0 Å². The molecule has 8 nitrogen and oxygen atoms in total. The number of benzene rings is 2. The van der Waals surface area contributed by atoms with Crippen LogP contribution in [-0.4, -0.2) is 46.4 Å². The molecule has 31 heavy (non-hydrogen) atoms. The van der Waals surface area contributed by atoms with Crippen LogP contribution in [0.5, 0.6) is 23.0 Å². The Morgan fingerprint density at radius 1 is 0.903 bits per heavy atom. The molecule has 0 bridgehead atoms. The van der Waals surface area contributed by atoms with E-state index in [9.17, 15) is 9.59 Å². The van der Waals surface area contributed by atoms with Gasteiger partial charge in [-0.3, -0.25) is 9.59 Å². The van der Waals surface area contributed by atoms with Gasteiger partial charge in [0.2, 0.25) is 0 Å². The molecule has 0 aliphatic heterocycles. The van der Waals surface area contributed by atoms with Crippen LogP contribution in [0.4, 0.5) is 0 Å². The predicted molar refractivity (Wildman–Crippen MR) is 115 cm³/mol. The third kappa shape index (κ3) is 6.53. The molecule has 2 aromatic carbocycles. The molecule has 2 rings (SSSR count). The van der Waals surface area contributed by atoms with Crippen molar-refractivity contribution in [1.82, 2.24) is 5.32 Å². The van der Waals surface area contributed by atoms with E-state index >= 15 is 0 Å². The van der Waals surface area contributed by atoms with Crippen molar-refractivity contribution in [1.29, 1.82) is 0 Å². The van der Waals surface area contributed by atoms with Gasteiger partial charge < -0.3 is 29.0 Å². The molecule has 1 unspecified atom stereocenters. The lowest BCUT2D eigenvalue weighted by Gasteiger charge is -2.15. The summed E-state index contributed by atoms with van der Waals surface area (Å²) in [6.45, 7) is 1.80. The second-order valence-corrected chi connectivity index (χ2v) is 6.69. The minimum Gasteiger partial charge on any atom is -0.493 e. The van der Waals surface area contributed by atoms with E-state index in [0.717, 1.165) is 11.1 Å². The average Bonchev–Trinajstić information content (AvgIpc) is 2.80. The highest BCUT2D eigenvalue weighted by atomic mass is 16.5. The second kappa shape index (κ2) is 11.7. The van der Waals surface area contributed by atoms with Gasteiger partial charge >= 0.3 is 5.97 Å². The molecule has 0 aliphatic rings. The van der Waals surface area contributed by atoms with Crippen LogP contribution in [0, 0.1) is 0 Å². The van der Waals surface area contributed by atoms with E-state index in [-0.39, 0.29) is 18.9 Å². The van der Waals surface area contributed by atoms with Gasteiger partial charge in [-0.2, -0.15) is 0 Å². The van der Waals surface area contributed by atoms with Crippen molar-refractivity contribution in [2.45, 2.75) is 32.4 Å². The predicted octanol–water partition coefficient (Wildman–Crippen LogP) is 2.90. The molecular weight excluding hydrogens is 402 g/mol. The number of carbonyl (C=O) groups is 2. The number of nitrogens with one attached hydrogen (secondary N) is 1. The molecule has 1 atom stereocenters. The summed E-state index contributed by atoms with van der Waals surface area (Å²) in [5.41, 5.74) is 1.65. The molecule has 0 heterocycles. The fourth-order valence-electron chi connectivity index (χ4n) is 3.02. The molecule has 2 aromatic rings. The number of rotatable bonds is 11. The fraction of sp³-hybridized carbons (Fsp3) is 0.391. The van der Waals surface area contributed by atoms with E-state index in [2.05, 4.69) is 5.32 Å². The molecule has 0 saturated carbocycles. The Labute approximate surface area is 182 Å². The monoisotopic (exact) mass is 431 g/mol. The van der Waals surface area contributed by atoms with Gasteiger partial charge in [-0.1, -0.05) is 18.2 Å². The molecule has 168 valence electrons. The first-order valence-corrected chi connectivity index (χ1v) is 9.81. The molecule has 0 aromatic heterocycles. The maximum atomic E-state index is 12.3. The van der Waals surface area contributed by atoms with Crippen molar-refractivity contribution in [3.8, 4) is 23.0 Å². The number of para-hydroxylation sites is 1. The number of aryl methyl sites for hydroxylation is 1. The molecule has 0 radical (unpaired) electrons. The molecule has 1 N–H and O–H groups in total. The number of hydrogen-bond donors (Lipinski definition) is 1. The molecule has 0 saturated heterocycles. The highest BCUT2D eigenvalue weighted by Crippen LogP contribution is 2.31. The van der Waals surface area contributed by atoms with E-state index in [1.807, 2.05) is 18.2 Å². The van der Waals surface area contributed by atoms with Gasteiger partial charge in [-0.05, 0) is 42.7 Å². The summed E-state index contributed by atoms with van der Waals surface area (Å²) < 4.78 is 26.3. The smallest absolute Gasteiger partial charge is 0.306 e. The topological polar surface area (TPSA) is 92.3 Å². The zero-order valence-corrected chi connectivity index (χ0v) is 18.5. The number of ether oxygens (including phenoxy) is 5. The number of amides is 1. The Morgan fingerprint density at radius 2 is 1.61 bits per heavy atom.